The smallest absolute Gasteiger partial charge is 0.337 e. The first-order valence-corrected chi connectivity index (χ1v) is 6.52. The zero-order valence-corrected chi connectivity index (χ0v) is 12.1. The average Bonchev–Trinajstić information content (AvgIpc) is 2.40. The Morgan fingerprint density at radius 2 is 1.85 bits per heavy atom. The minimum Gasteiger partial charge on any atom is -0.478 e. The molecule has 0 heterocycles. The summed E-state index contributed by atoms with van der Waals surface area (Å²) in [5, 5.41) is 9.04. The summed E-state index contributed by atoms with van der Waals surface area (Å²) >= 11 is 0. The van der Waals surface area contributed by atoms with Crippen molar-refractivity contribution in [3.8, 4) is 0 Å². The van der Waals surface area contributed by atoms with Crippen molar-refractivity contribution in [1.29, 1.82) is 0 Å². The van der Waals surface area contributed by atoms with Crippen molar-refractivity contribution in [3.05, 3.63) is 23.8 Å². The van der Waals surface area contributed by atoms with Gasteiger partial charge in [-0.2, -0.15) is 0 Å². The van der Waals surface area contributed by atoms with E-state index in [1.54, 1.807) is 22.9 Å². The van der Waals surface area contributed by atoms with E-state index in [1.165, 1.54) is 12.1 Å². The molecule has 0 bridgehead atoms. The van der Waals surface area contributed by atoms with Crippen molar-refractivity contribution in [2.24, 2.45) is 0 Å². The lowest BCUT2D eigenvalue weighted by atomic mass is 10.1. The van der Waals surface area contributed by atoms with Crippen LogP contribution in [0.2, 0.25) is 0 Å². The van der Waals surface area contributed by atoms with Crippen molar-refractivity contribution in [2.45, 2.75) is 13.8 Å². The molecule has 1 amide bonds. The summed E-state index contributed by atoms with van der Waals surface area (Å²) in [5.74, 6) is -1.07. The number of carboxylic acid groups (broad SMARTS) is 1. The van der Waals surface area contributed by atoms with Crippen LogP contribution in [0.1, 0.15) is 24.2 Å². The van der Waals surface area contributed by atoms with Crippen molar-refractivity contribution in [2.75, 3.05) is 37.3 Å². The molecular weight excluding hydrogens is 258 g/mol. The van der Waals surface area contributed by atoms with Crippen LogP contribution in [0.4, 0.5) is 11.4 Å². The molecule has 0 fully saturated rings. The van der Waals surface area contributed by atoms with E-state index in [0.29, 0.717) is 18.8 Å². The normalized spacial score (nSPS) is 10.2. The lowest BCUT2D eigenvalue weighted by molar-refractivity contribution is -0.129. The van der Waals surface area contributed by atoms with Crippen molar-refractivity contribution >= 4 is 23.3 Å². The highest BCUT2D eigenvalue weighted by Gasteiger charge is 2.15. The highest BCUT2D eigenvalue weighted by Crippen LogP contribution is 2.20. The predicted octanol–water partition coefficient (Wildman–Crippen LogP) is 1.27. The second-order valence-corrected chi connectivity index (χ2v) is 4.50. The number of rotatable bonds is 6. The quantitative estimate of drug-likeness (QED) is 0.766. The van der Waals surface area contributed by atoms with Crippen LogP contribution in [0, 0.1) is 0 Å². The Bertz CT molecular complexity index is 498. The van der Waals surface area contributed by atoms with Gasteiger partial charge in [0.1, 0.15) is 0 Å². The topological polar surface area (TPSA) is 86.9 Å². The van der Waals surface area contributed by atoms with Crippen LogP contribution in [-0.2, 0) is 4.79 Å². The number of nitrogens with two attached hydrogens (primary N) is 1. The van der Waals surface area contributed by atoms with E-state index in [-0.39, 0.29) is 23.7 Å². The number of carboxylic acids is 1. The minimum absolute atomic E-state index is 0.00574. The van der Waals surface area contributed by atoms with Crippen molar-refractivity contribution in [3.63, 3.8) is 0 Å². The summed E-state index contributed by atoms with van der Waals surface area (Å²) in [7, 11) is 1.75. The van der Waals surface area contributed by atoms with Crippen LogP contribution in [-0.4, -0.2) is 48.6 Å². The number of aromatic carboxylic acids is 1. The fourth-order valence-electron chi connectivity index (χ4n) is 1.94. The fraction of sp³-hybridized carbons (Fsp3) is 0.429. The first kappa shape index (κ1) is 15.8. The molecule has 0 radical (unpaired) electrons. The summed E-state index contributed by atoms with van der Waals surface area (Å²) in [6.45, 7) is 5.36. The van der Waals surface area contributed by atoms with Crippen LogP contribution in [0.3, 0.4) is 0 Å². The van der Waals surface area contributed by atoms with Gasteiger partial charge >= 0.3 is 5.97 Å². The highest BCUT2D eigenvalue weighted by atomic mass is 16.4. The Balaban J connectivity index is 2.87. The Hall–Kier alpha value is -2.24. The molecule has 1 aromatic rings. The SMILES string of the molecule is CCN(CC)C(=O)CN(C)c1ccc(N)c(C(=O)O)c1. The number of carbonyl (C=O) groups is 2. The maximum absolute atomic E-state index is 12.0. The van der Waals surface area contributed by atoms with Gasteiger partial charge in [-0.25, -0.2) is 4.79 Å². The molecule has 110 valence electrons. The number of likely N-dealkylation sites (N-methyl/N-ethyl adjacent to an activating group) is 2. The summed E-state index contributed by atoms with van der Waals surface area (Å²) < 4.78 is 0. The first-order chi connectivity index (χ1) is 9.40. The molecule has 0 atom stereocenters. The Kier molecular flexibility index (Phi) is 5.37. The van der Waals surface area contributed by atoms with Crippen LogP contribution < -0.4 is 10.6 Å². The van der Waals surface area contributed by atoms with Gasteiger partial charge in [0.2, 0.25) is 5.91 Å². The molecule has 0 aliphatic heterocycles. The number of anilines is 2. The molecule has 6 heteroatoms. The third-order valence-electron chi connectivity index (χ3n) is 3.20. The van der Waals surface area contributed by atoms with Gasteiger partial charge in [0.25, 0.3) is 0 Å². The van der Waals surface area contributed by atoms with Crippen LogP contribution in [0.5, 0.6) is 0 Å². The Labute approximate surface area is 118 Å². The molecule has 1 rings (SSSR count). The molecule has 0 unspecified atom stereocenters. The third kappa shape index (κ3) is 3.63. The minimum atomic E-state index is -1.08. The van der Waals surface area contributed by atoms with Gasteiger partial charge in [-0.05, 0) is 32.0 Å². The molecule has 0 saturated carbocycles. The number of nitrogen functional groups attached to an aromatic ring is 1. The summed E-state index contributed by atoms with van der Waals surface area (Å²) in [4.78, 5) is 26.5. The van der Waals surface area contributed by atoms with Crippen molar-refractivity contribution < 1.29 is 14.7 Å². The summed E-state index contributed by atoms with van der Waals surface area (Å²) in [6.07, 6.45) is 0. The summed E-state index contributed by atoms with van der Waals surface area (Å²) in [6, 6.07) is 4.72. The molecular formula is C14H21N3O3. The lowest BCUT2D eigenvalue weighted by Crippen LogP contribution is -2.38. The van der Waals surface area contributed by atoms with Gasteiger partial charge in [-0.1, -0.05) is 0 Å². The maximum atomic E-state index is 12.0. The molecule has 3 N–H and O–H groups in total. The zero-order chi connectivity index (χ0) is 15.3. The second kappa shape index (κ2) is 6.79. The van der Waals surface area contributed by atoms with E-state index in [1.807, 2.05) is 13.8 Å². The Morgan fingerprint density at radius 3 is 2.35 bits per heavy atom. The predicted molar refractivity (Wildman–Crippen MR) is 79.0 cm³/mol. The molecule has 0 aliphatic rings. The van der Waals surface area contributed by atoms with E-state index in [9.17, 15) is 9.59 Å². The average molecular weight is 279 g/mol. The highest BCUT2D eigenvalue weighted by molar-refractivity contribution is 5.95. The molecule has 6 nitrogen and oxygen atoms in total. The lowest BCUT2D eigenvalue weighted by Gasteiger charge is -2.24. The molecule has 20 heavy (non-hydrogen) atoms. The number of benzene rings is 1. The molecule has 1 aromatic carbocycles. The van der Waals surface area contributed by atoms with Gasteiger partial charge < -0.3 is 20.6 Å². The standard InChI is InChI=1S/C14H21N3O3/c1-4-17(5-2)13(18)9-16(3)10-6-7-12(15)11(8-10)14(19)20/h6-8H,4-5,9,15H2,1-3H3,(H,19,20). The molecule has 0 saturated heterocycles. The van der Waals surface area contributed by atoms with Crippen LogP contribution >= 0.6 is 0 Å². The number of hydrogen-bond donors (Lipinski definition) is 2. The largest absolute Gasteiger partial charge is 0.478 e. The van der Waals surface area contributed by atoms with E-state index in [2.05, 4.69) is 0 Å². The van der Waals surface area contributed by atoms with Crippen LogP contribution in [0.25, 0.3) is 0 Å². The van der Waals surface area contributed by atoms with E-state index >= 15 is 0 Å². The number of carbonyl (C=O) groups excluding carboxylic acids is 1. The van der Waals surface area contributed by atoms with Crippen molar-refractivity contribution in [1.82, 2.24) is 4.90 Å². The number of amides is 1. The van der Waals surface area contributed by atoms with E-state index in [4.69, 9.17) is 10.8 Å². The van der Waals surface area contributed by atoms with E-state index < -0.39 is 5.97 Å². The number of hydrogen-bond acceptors (Lipinski definition) is 4. The maximum Gasteiger partial charge on any atom is 0.337 e. The first-order valence-electron chi connectivity index (χ1n) is 6.52. The second-order valence-electron chi connectivity index (χ2n) is 4.50. The van der Waals surface area contributed by atoms with Gasteiger partial charge in [-0.15, -0.1) is 0 Å². The van der Waals surface area contributed by atoms with Gasteiger partial charge in [0.15, 0.2) is 0 Å². The third-order valence-corrected chi connectivity index (χ3v) is 3.20. The zero-order valence-electron chi connectivity index (χ0n) is 12.1. The van der Waals surface area contributed by atoms with Gasteiger partial charge in [-0.3, -0.25) is 4.79 Å². The number of nitrogens with zero attached hydrogens (tertiary/aromatic N) is 2. The van der Waals surface area contributed by atoms with Crippen LogP contribution in [0.15, 0.2) is 18.2 Å². The monoisotopic (exact) mass is 279 g/mol. The van der Waals surface area contributed by atoms with E-state index in [0.717, 1.165) is 0 Å². The molecule has 0 aliphatic carbocycles. The molecule has 0 aromatic heterocycles. The Morgan fingerprint density at radius 1 is 1.25 bits per heavy atom. The van der Waals surface area contributed by atoms with Gasteiger partial charge in [0, 0.05) is 31.5 Å². The summed E-state index contributed by atoms with van der Waals surface area (Å²) in [5.41, 5.74) is 6.52. The fourth-order valence-corrected chi connectivity index (χ4v) is 1.94. The molecule has 0 spiro atoms. The van der Waals surface area contributed by atoms with Gasteiger partial charge in [0.05, 0.1) is 12.1 Å².